The summed E-state index contributed by atoms with van der Waals surface area (Å²) in [7, 11) is 0. The molecule has 0 aliphatic carbocycles. The number of terminal acetylenes is 1. The van der Waals surface area contributed by atoms with E-state index < -0.39 is 0 Å². The van der Waals surface area contributed by atoms with Crippen LogP contribution in [0.5, 0.6) is 0 Å². The van der Waals surface area contributed by atoms with Gasteiger partial charge in [0.25, 0.3) is 0 Å². The molecule has 0 fully saturated rings. The lowest BCUT2D eigenvalue weighted by molar-refractivity contribution is 0.319. The van der Waals surface area contributed by atoms with E-state index in [-0.39, 0.29) is 0 Å². The number of nitrogen functional groups attached to an aromatic ring is 1. The van der Waals surface area contributed by atoms with Crippen molar-refractivity contribution in [3.05, 3.63) is 29.8 Å². The number of nitrogens with two attached hydrogens (primary N) is 1. The highest BCUT2D eigenvalue weighted by molar-refractivity contribution is 5.46. The average molecular weight is 216 g/mol. The summed E-state index contributed by atoms with van der Waals surface area (Å²) in [5.41, 5.74) is 8.01. The Morgan fingerprint density at radius 3 is 2.75 bits per heavy atom. The number of anilines is 1. The number of hydrogen-bond donors (Lipinski definition) is 1. The van der Waals surface area contributed by atoms with Crippen molar-refractivity contribution >= 4 is 5.69 Å². The van der Waals surface area contributed by atoms with Crippen molar-refractivity contribution in [3.63, 3.8) is 0 Å². The summed E-state index contributed by atoms with van der Waals surface area (Å²) in [6, 6.07) is 8.04. The van der Waals surface area contributed by atoms with Gasteiger partial charge in [0.1, 0.15) is 0 Å². The zero-order chi connectivity index (χ0) is 11.8. The topological polar surface area (TPSA) is 29.3 Å². The maximum Gasteiger partial charge on any atom is 0.0598 e. The van der Waals surface area contributed by atoms with Crippen molar-refractivity contribution in [2.45, 2.75) is 19.8 Å². The minimum Gasteiger partial charge on any atom is -0.399 e. The van der Waals surface area contributed by atoms with E-state index in [4.69, 9.17) is 12.2 Å². The lowest BCUT2D eigenvalue weighted by Crippen LogP contribution is -2.25. The van der Waals surface area contributed by atoms with Crippen LogP contribution in [0.3, 0.4) is 0 Å². The molecule has 0 saturated carbocycles. The third kappa shape index (κ3) is 3.96. The van der Waals surface area contributed by atoms with Crippen LogP contribution in [0, 0.1) is 12.3 Å². The monoisotopic (exact) mass is 216 g/mol. The third-order valence-electron chi connectivity index (χ3n) is 2.74. The minimum atomic E-state index is 0.737. The van der Waals surface area contributed by atoms with E-state index in [2.05, 4.69) is 23.8 Å². The molecule has 0 aliphatic rings. The Bertz CT molecular complexity index is 352. The van der Waals surface area contributed by atoms with Gasteiger partial charge in [0.2, 0.25) is 0 Å². The van der Waals surface area contributed by atoms with Gasteiger partial charge in [-0.2, -0.15) is 0 Å². The Balaban J connectivity index is 2.35. The normalized spacial score (nSPS) is 10.3. The van der Waals surface area contributed by atoms with E-state index in [1.165, 1.54) is 5.56 Å². The average Bonchev–Trinajstić information content (AvgIpc) is 2.30. The maximum atomic E-state index is 5.88. The van der Waals surface area contributed by atoms with Gasteiger partial charge in [0.15, 0.2) is 0 Å². The Kier molecular flexibility index (Phi) is 5.45. The van der Waals surface area contributed by atoms with Gasteiger partial charge in [0, 0.05) is 5.69 Å². The molecular weight excluding hydrogens is 196 g/mol. The molecule has 0 unspecified atom stereocenters. The predicted octanol–water partition coefficient (Wildman–Crippen LogP) is 2.16. The lowest BCUT2D eigenvalue weighted by Gasteiger charge is -2.17. The van der Waals surface area contributed by atoms with Gasteiger partial charge >= 0.3 is 0 Å². The van der Waals surface area contributed by atoms with E-state index in [0.717, 1.165) is 38.2 Å². The van der Waals surface area contributed by atoms with E-state index in [1.807, 2.05) is 18.2 Å². The second-order valence-corrected chi connectivity index (χ2v) is 3.88. The molecule has 0 radical (unpaired) electrons. The first kappa shape index (κ1) is 12.6. The van der Waals surface area contributed by atoms with Crippen LogP contribution in [0.2, 0.25) is 0 Å². The first-order valence-corrected chi connectivity index (χ1v) is 5.77. The highest BCUT2D eigenvalue weighted by Gasteiger charge is 2.01. The molecule has 2 nitrogen and oxygen atoms in total. The molecule has 2 N–H and O–H groups in total. The summed E-state index contributed by atoms with van der Waals surface area (Å²) in [5, 5.41) is 0. The molecule has 0 atom stereocenters. The predicted molar refractivity (Wildman–Crippen MR) is 70.1 cm³/mol. The summed E-state index contributed by atoms with van der Waals surface area (Å²) in [6.45, 7) is 4.92. The van der Waals surface area contributed by atoms with Gasteiger partial charge in [0.05, 0.1) is 6.54 Å². The van der Waals surface area contributed by atoms with Gasteiger partial charge in [-0.25, -0.2) is 0 Å². The molecule has 1 aromatic carbocycles. The molecule has 0 saturated heterocycles. The molecule has 16 heavy (non-hydrogen) atoms. The number of rotatable bonds is 6. The number of benzene rings is 1. The maximum absolute atomic E-state index is 5.88. The fourth-order valence-electron chi connectivity index (χ4n) is 1.73. The summed E-state index contributed by atoms with van der Waals surface area (Å²) in [6.07, 6.45) is 7.42. The Morgan fingerprint density at radius 1 is 1.38 bits per heavy atom. The fourth-order valence-corrected chi connectivity index (χ4v) is 1.73. The molecule has 1 rings (SSSR count). The van der Waals surface area contributed by atoms with Gasteiger partial charge in [-0.15, -0.1) is 6.42 Å². The highest BCUT2D eigenvalue weighted by Crippen LogP contribution is 2.12. The minimum absolute atomic E-state index is 0.737. The van der Waals surface area contributed by atoms with Crippen molar-refractivity contribution in [1.29, 1.82) is 0 Å². The second-order valence-electron chi connectivity index (χ2n) is 3.88. The number of nitrogens with zero attached hydrogens (tertiary/aromatic N) is 1. The van der Waals surface area contributed by atoms with E-state index in [1.54, 1.807) is 0 Å². The van der Waals surface area contributed by atoms with Gasteiger partial charge in [-0.3, -0.25) is 4.90 Å². The summed E-state index contributed by atoms with van der Waals surface area (Å²) < 4.78 is 0. The Labute approximate surface area is 98.4 Å². The summed E-state index contributed by atoms with van der Waals surface area (Å²) in [4.78, 5) is 2.26. The van der Waals surface area contributed by atoms with Crippen molar-refractivity contribution < 1.29 is 0 Å². The molecule has 0 amide bonds. The lowest BCUT2D eigenvalue weighted by atomic mass is 10.1. The van der Waals surface area contributed by atoms with E-state index in [0.29, 0.717) is 0 Å². The van der Waals surface area contributed by atoms with Crippen LogP contribution in [0.1, 0.15) is 18.9 Å². The summed E-state index contributed by atoms with van der Waals surface area (Å²) in [5.74, 6) is 2.68. The molecule has 2 heteroatoms. The van der Waals surface area contributed by atoms with E-state index >= 15 is 0 Å². The Hall–Kier alpha value is -1.46. The molecule has 0 bridgehead atoms. The first-order chi connectivity index (χ1) is 7.77. The third-order valence-corrected chi connectivity index (χ3v) is 2.74. The van der Waals surface area contributed by atoms with Crippen molar-refractivity contribution in [2.24, 2.45) is 0 Å². The SMILES string of the molecule is C#CCN(CC)CCCc1ccccc1N. The Morgan fingerprint density at radius 2 is 2.12 bits per heavy atom. The van der Waals surface area contributed by atoms with Crippen molar-refractivity contribution in [1.82, 2.24) is 4.90 Å². The largest absolute Gasteiger partial charge is 0.399 e. The smallest absolute Gasteiger partial charge is 0.0598 e. The van der Waals surface area contributed by atoms with Crippen molar-refractivity contribution in [3.8, 4) is 12.3 Å². The van der Waals surface area contributed by atoms with Crippen LogP contribution in [0.25, 0.3) is 0 Å². The molecule has 0 spiro atoms. The summed E-state index contributed by atoms with van der Waals surface area (Å²) >= 11 is 0. The molecule has 0 aromatic heterocycles. The molecular formula is C14H20N2. The first-order valence-electron chi connectivity index (χ1n) is 5.77. The van der Waals surface area contributed by atoms with Crippen LogP contribution >= 0.6 is 0 Å². The van der Waals surface area contributed by atoms with E-state index in [9.17, 15) is 0 Å². The van der Waals surface area contributed by atoms with Crippen LogP contribution in [0.4, 0.5) is 5.69 Å². The second kappa shape index (κ2) is 6.92. The van der Waals surface area contributed by atoms with Crippen LogP contribution < -0.4 is 5.73 Å². The highest BCUT2D eigenvalue weighted by atomic mass is 15.1. The standard InChI is InChI=1S/C14H20N2/c1-3-11-16(4-2)12-7-9-13-8-5-6-10-14(13)15/h1,5-6,8,10H,4,7,9,11-12,15H2,2H3. The fraction of sp³-hybridized carbons (Fsp3) is 0.429. The number of aryl methyl sites for hydroxylation is 1. The number of hydrogen-bond acceptors (Lipinski definition) is 2. The zero-order valence-electron chi connectivity index (χ0n) is 9.95. The molecule has 0 heterocycles. The molecule has 0 aliphatic heterocycles. The quantitative estimate of drug-likeness (QED) is 0.583. The van der Waals surface area contributed by atoms with Crippen LogP contribution in [-0.2, 0) is 6.42 Å². The molecule has 86 valence electrons. The molecule has 1 aromatic rings. The van der Waals surface area contributed by atoms with Gasteiger partial charge < -0.3 is 5.73 Å². The van der Waals surface area contributed by atoms with Crippen molar-refractivity contribution in [2.75, 3.05) is 25.4 Å². The van der Waals surface area contributed by atoms with Gasteiger partial charge in [-0.05, 0) is 37.6 Å². The van der Waals surface area contributed by atoms with Gasteiger partial charge in [-0.1, -0.05) is 31.0 Å². The number of para-hydroxylation sites is 1. The van der Waals surface area contributed by atoms with Crippen LogP contribution in [0.15, 0.2) is 24.3 Å². The van der Waals surface area contributed by atoms with Crippen LogP contribution in [-0.4, -0.2) is 24.5 Å². The zero-order valence-corrected chi connectivity index (χ0v) is 9.95.